The molecule has 3 aromatic rings. The molecule has 2 amide bonds. The van der Waals surface area contributed by atoms with Crippen molar-refractivity contribution in [1.82, 2.24) is 19.5 Å². The van der Waals surface area contributed by atoms with Gasteiger partial charge in [-0.1, -0.05) is 17.7 Å². The average molecular weight is 389 g/mol. The van der Waals surface area contributed by atoms with Crippen LogP contribution in [0, 0.1) is 6.92 Å². The third kappa shape index (κ3) is 2.80. The van der Waals surface area contributed by atoms with E-state index in [2.05, 4.69) is 10.1 Å². The summed E-state index contributed by atoms with van der Waals surface area (Å²) in [6.07, 6.45) is 6.31. The van der Waals surface area contributed by atoms with Crippen LogP contribution < -0.4 is 4.90 Å². The number of benzene rings is 1. The molecular weight excluding hydrogens is 366 g/mol. The quantitative estimate of drug-likeness (QED) is 0.676. The smallest absolute Gasteiger partial charge is 0.256 e. The first kappa shape index (κ1) is 17.8. The van der Waals surface area contributed by atoms with Crippen LogP contribution in [0.2, 0.25) is 0 Å². The third-order valence-corrected chi connectivity index (χ3v) is 6.22. The minimum atomic E-state index is -0.752. The molecule has 0 N–H and O–H groups in total. The number of amides is 2. The maximum Gasteiger partial charge on any atom is 0.256 e. The maximum atomic E-state index is 13.7. The van der Waals surface area contributed by atoms with Crippen LogP contribution >= 0.6 is 0 Å². The molecule has 7 nitrogen and oxygen atoms in total. The van der Waals surface area contributed by atoms with E-state index in [9.17, 15) is 9.59 Å². The van der Waals surface area contributed by atoms with Crippen molar-refractivity contribution in [2.45, 2.75) is 38.1 Å². The molecule has 1 atom stereocenters. The Morgan fingerprint density at radius 1 is 1.03 bits per heavy atom. The Bertz CT molecular complexity index is 1090. The van der Waals surface area contributed by atoms with Crippen LogP contribution in [0.4, 0.5) is 5.69 Å². The van der Waals surface area contributed by atoms with E-state index in [0.717, 1.165) is 24.1 Å². The molecule has 7 heteroatoms. The van der Waals surface area contributed by atoms with Gasteiger partial charge in [-0.2, -0.15) is 5.10 Å². The number of piperidine rings is 1. The summed E-state index contributed by atoms with van der Waals surface area (Å²) in [5.41, 5.74) is 2.54. The van der Waals surface area contributed by atoms with E-state index in [1.165, 1.54) is 6.33 Å². The number of aryl methyl sites for hydroxylation is 1. The Kier molecular flexibility index (Phi) is 4.12. The molecule has 2 aromatic heterocycles. The van der Waals surface area contributed by atoms with Crippen molar-refractivity contribution in [3.63, 3.8) is 0 Å². The number of nitrogens with zero attached hydrogens (tertiary/aromatic N) is 5. The summed E-state index contributed by atoms with van der Waals surface area (Å²) < 4.78 is 1.59. The highest BCUT2D eigenvalue weighted by molar-refractivity contribution is 6.06. The van der Waals surface area contributed by atoms with E-state index in [0.29, 0.717) is 37.1 Å². The van der Waals surface area contributed by atoms with Gasteiger partial charge in [0.15, 0.2) is 5.65 Å². The van der Waals surface area contributed by atoms with E-state index in [-0.39, 0.29) is 11.8 Å². The molecule has 2 aliphatic rings. The zero-order chi connectivity index (χ0) is 20.0. The number of carbonyl (C=O) groups is 2. The number of likely N-dealkylation sites (tertiary alicyclic amines) is 1. The van der Waals surface area contributed by atoms with Gasteiger partial charge in [0.1, 0.15) is 11.9 Å². The lowest BCUT2D eigenvalue weighted by Gasteiger charge is -2.44. The Morgan fingerprint density at radius 3 is 2.59 bits per heavy atom. The van der Waals surface area contributed by atoms with Crippen LogP contribution in [0.1, 0.15) is 41.6 Å². The first-order valence-electron chi connectivity index (χ1n) is 10.1. The summed E-state index contributed by atoms with van der Waals surface area (Å²) in [6.45, 7) is 3.32. The normalized spacial score (nSPS) is 22.0. The topological polar surface area (TPSA) is 70.8 Å². The van der Waals surface area contributed by atoms with Crippen molar-refractivity contribution in [3.8, 4) is 0 Å². The Hall–Kier alpha value is -3.22. The third-order valence-electron chi connectivity index (χ3n) is 6.22. The highest BCUT2D eigenvalue weighted by atomic mass is 16.2. The lowest BCUT2D eigenvalue weighted by atomic mass is 9.84. The minimum Gasteiger partial charge on any atom is -0.324 e. The first-order chi connectivity index (χ1) is 14.1. The Labute approximate surface area is 168 Å². The number of fused-ring (bicyclic) bond motifs is 1. The summed E-state index contributed by atoms with van der Waals surface area (Å²) in [5, 5.41) is 4.13. The molecule has 2 aliphatic heterocycles. The Morgan fingerprint density at radius 2 is 1.79 bits per heavy atom. The number of anilines is 1. The monoisotopic (exact) mass is 389 g/mol. The van der Waals surface area contributed by atoms with Crippen LogP contribution in [0.5, 0.6) is 0 Å². The number of rotatable bonds is 2. The minimum absolute atomic E-state index is 0.0419. The Balaban J connectivity index is 1.48. The maximum absolute atomic E-state index is 13.7. The molecule has 0 aliphatic carbocycles. The molecule has 0 bridgehead atoms. The van der Waals surface area contributed by atoms with Gasteiger partial charge >= 0.3 is 0 Å². The molecule has 1 aromatic carbocycles. The molecular formula is C22H23N5O2. The van der Waals surface area contributed by atoms with Crippen LogP contribution in [-0.4, -0.2) is 49.9 Å². The second-order valence-electron chi connectivity index (χ2n) is 7.97. The summed E-state index contributed by atoms with van der Waals surface area (Å²) in [6, 6.07) is 11.6. The van der Waals surface area contributed by atoms with Gasteiger partial charge in [-0.05, 0) is 56.9 Å². The summed E-state index contributed by atoms with van der Waals surface area (Å²) in [5.74, 6) is -0.0701. The molecule has 5 rings (SSSR count). The van der Waals surface area contributed by atoms with E-state index in [1.807, 2.05) is 36.1 Å². The molecule has 2 saturated heterocycles. The lowest BCUT2D eigenvalue weighted by molar-refractivity contribution is -0.130. The zero-order valence-corrected chi connectivity index (χ0v) is 16.4. The molecule has 0 radical (unpaired) electrons. The molecule has 1 unspecified atom stereocenters. The predicted molar refractivity (Wildman–Crippen MR) is 109 cm³/mol. The van der Waals surface area contributed by atoms with Crippen molar-refractivity contribution in [1.29, 1.82) is 0 Å². The molecule has 0 saturated carbocycles. The first-order valence-corrected chi connectivity index (χ1v) is 10.1. The van der Waals surface area contributed by atoms with Crippen molar-refractivity contribution < 1.29 is 9.59 Å². The molecule has 148 valence electrons. The van der Waals surface area contributed by atoms with E-state index in [4.69, 9.17) is 0 Å². The fourth-order valence-electron chi connectivity index (χ4n) is 4.72. The van der Waals surface area contributed by atoms with Crippen LogP contribution in [0.25, 0.3) is 5.65 Å². The number of hydrogen-bond donors (Lipinski definition) is 0. The van der Waals surface area contributed by atoms with Crippen molar-refractivity contribution in [3.05, 3.63) is 60.0 Å². The largest absolute Gasteiger partial charge is 0.324 e. The molecule has 29 heavy (non-hydrogen) atoms. The van der Waals surface area contributed by atoms with Gasteiger partial charge in [-0.25, -0.2) is 9.50 Å². The second kappa shape index (κ2) is 6.69. The predicted octanol–water partition coefficient (Wildman–Crippen LogP) is 2.84. The highest BCUT2D eigenvalue weighted by Crippen LogP contribution is 2.40. The molecule has 1 spiro atoms. The van der Waals surface area contributed by atoms with Gasteiger partial charge in [0, 0.05) is 25.0 Å². The van der Waals surface area contributed by atoms with Gasteiger partial charge in [-0.15, -0.1) is 0 Å². The van der Waals surface area contributed by atoms with Gasteiger partial charge < -0.3 is 9.80 Å². The van der Waals surface area contributed by atoms with Crippen molar-refractivity contribution in [2.24, 2.45) is 0 Å². The number of hydrogen-bond acceptors (Lipinski definition) is 4. The summed E-state index contributed by atoms with van der Waals surface area (Å²) in [7, 11) is 0. The number of carbonyl (C=O) groups excluding carboxylic acids is 2. The average Bonchev–Trinajstić information content (AvgIpc) is 3.37. The zero-order valence-electron chi connectivity index (χ0n) is 16.4. The van der Waals surface area contributed by atoms with Crippen molar-refractivity contribution >= 4 is 23.1 Å². The fraction of sp³-hybridized carbons (Fsp3) is 0.364. The summed E-state index contributed by atoms with van der Waals surface area (Å²) in [4.78, 5) is 34.9. The van der Waals surface area contributed by atoms with Crippen molar-refractivity contribution in [2.75, 3.05) is 18.0 Å². The molecule has 4 heterocycles. The van der Waals surface area contributed by atoms with E-state index in [1.54, 1.807) is 27.7 Å². The highest BCUT2D eigenvalue weighted by Gasteiger charge is 2.53. The van der Waals surface area contributed by atoms with Crippen LogP contribution in [0.3, 0.4) is 0 Å². The van der Waals surface area contributed by atoms with Crippen LogP contribution in [0.15, 0.2) is 48.9 Å². The summed E-state index contributed by atoms with van der Waals surface area (Å²) >= 11 is 0. The number of pyridine rings is 1. The molecule has 2 fully saturated rings. The number of aromatic nitrogens is 3. The SMILES string of the molecule is Cc1ccc(N2CCCC3(CCCN3C(=O)c3ccc4ncnn4c3)C2=O)cc1. The second-order valence-corrected chi connectivity index (χ2v) is 7.97. The van der Waals surface area contributed by atoms with E-state index >= 15 is 0 Å². The standard InChI is InChI=1S/C22H23N5O2/c1-16-4-7-18(8-5-16)25-12-2-10-22(21(25)29)11-3-13-26(22)20(28)17-6-9-19-23-15-24-27(19)14-17/h4-9,14-15H,2-3,10-13H2,1H3. The fourth-order valence-corrected chi connectivity index (χ4v) is 4.72. The van der Waals surface area contributed by atoms with Gasteiger partial charge in [-0.3, -0.25) is 9.59 Å². The van der Waals surface area contributed by atoms with Gasteiger partial charge in [0.05, 0.1) is 5.56 Å². The lowest BCUT2D eigenvalue weighted by Crippen LogP contribution is -2.61. The van der Waals surface area contributed by atoms with Gasteiger partial charge in [0.25, 0.3) is 11.8 Å². The van der Waals surface area contributed by atoms with E-state index < -0.39 is 5.54 Å². The van der Waals surface area contributed by atoms with Gasteiger partial charge in [0.2, 0.25) is 0 Å². The van der Waals surface area contributed by atoms with Crippen LogP contribution in [-0.2, 0) is 4.79 Å².